The molecule has 4 nitrogen and oxygen atoms in total. The van der Waals surface area contributed by atoms with Crippen molar-refractivity contribution in [3.8, 4) is 0 Å². The molecule has 1 aliphatic rings. The van der Waals surface area contributed by atoms with Crippen molar-refractivity contribution in [2.45, 2.75) is 38.3 Å². The van der Waals surface area contributed by atoms with Crippen LogP contribution >= 0.6 is 0 Å². The lowest BCUT2D eigenvalue weighted by Gasteiger charge is -2.10. The summed E-state index contributed by atoms with van der Waals surface area (Å²) < 4.78 is 4.71. The van der Waals surface area contributed by atoms with Crippen LogP contribution in [0.5, 0.6) is 0 Å². The third-order valence-electron chi connectivity index (χ3n) is 2.00. The Kier molecular flexibility index (Phi) is 3.34. The van der Waals surface area contributed by atoms with E-state index < -0.39 is 0 Å². The standard InChI is InChI=1S/C8H15NO3/c1-2-12-8(11)9-6-3-4-7(10)5-6/h6-7,10H,2-5H2,1H3,(H,9,11)/t6-,7+/m1/s1. The van der Waals surface area contributed by atoms with Crippen molar-refractivity contribution in [1.82, 2.24) is 5.32 Å². The molecular formula is C8H15NO3. The normalized spacial score (nSPS) is 28.5. The van der Waals surface area contributed by atoms with Crippen LogP contribution in [0.4, 0.5) is 4.79 Å². The van der Waals surface area contributed by atoms with Crippen molar-refractivity contribution in [2.24, 2.45) is 0 Å². The Bertz CT molecular complexity index is 160. The maximum absolute atomic E-state index is 10.9. The SMILES string of the molecule is CCOC(=O)N[C@@H]1CC[C@H](O)C1. The van der Waals surface area contributed by atoms with E-state index in [0.29, 0.717) is 13.0 Å². The quantitative estimate of drug-likeness (QED) is 0.644. The fourth-order valence-corrected chi connectivity index (χ4v) is 1.43. The van der Waals surface area contributed by atoms with Gasteiger partial charge in [-0.2, -0.15) is 0 Å². The van der Waals surface area contributed by atoms with Crippen LogP contribution in [0.2, 0.25) is 0 Å². The fourth-order valence-electron chi connectivity index (χ4n) is 1.43. The number of aliphatic hydroxyl groups excluding tert-OH is 1. The minimum atomic E-state index is -0.378. The van der Waals surface area contributed by atoms with E-state index in [0.717, 1.165) is 12.8 Å². The lowest BCUT2D eigenvalue weighted by Crippen LogP contribution is -2.33. The molecule has 1 fully saturated rings. The van der Waals surface area contributed by atoms with Crippen molar-refractivity contribution in [3.63, 3.8) is 0 Å². The van der Waals surface area contributed by atoms with Crippen LogP contribution in [0.25, 0.3) is 0 Å². The fraction of sp³-hybridized carbons (Fsp3) is 0.875. The predicted molar refractivity (Wildman–Crippen MR) is 43.8 cm³/mol. The van der Waals surface area contributed by atoms with E-state index in [9.17, 15) is 4.79 Å². The van der Waals surface area contributed by atoms with Gasteiger partial charge in [0.1, 0.15) is 0 Å². The Balaban J connectivity index is 2.18. The Morgan fingerprint density at radius 2 is 2.42 bits per heavy atom. The number of hydrogen-bond acceptors (Lipinski definition) is 3. The minimum Gasteiger partial charge on any atom is -0.450 e. The van der Waals surface area contributed by atoms with Gasteiger partial charge in [-0.05, 0) is 26.2 Å². The van der Waals surface area contributed by atoms with E-state index in [-0.39, 0.29) is 18.2 Å². The summed E-state index contributed by atoms with van der Waals surface area (Å²) in [6, 6.07) is 0.0963. The molecule has 1 amide bonds. The molecule has 4 heteroatoms. The number of carbonyl (C=O) groups excluding carboxylic acids is 1. The molecule has 1 aliphatic carbocycles. The summed E-state index contributed by atoms with van der Waals surface area (Å²) in [4.78, 5) is 10.9. The van der Waals surface area contributed by atoms with Gasteiger partial charge < -0.3 is 15.2 Å². The Morgan fingerprint density at radius 1 is 1.67 bits per heavy atom. The number of hydrogen-bond donors (Lipinski definition) is 2. The zero-order chi connectivity index (χ0) is 8.97. The topological polar surface area (TPSA) is 58.6 Å². The first kappa shape index (κ1) is 9.32. The number of aliphatic hydroxyl groups is 1. The third kappa shape index (κ3) is 2.70. The molecule has 1 rings (SSSR count). The minimum absolute atomic E-state index is 0.0963. The highest BCUT2D eigenvalue weighted by molar-refractivity contribution is 5.67. The molecule has 0 heterocycles. The molecule has 0 radical (unpaired) electrons. The summed E-state index contributed by atoms with van der Waals surface area (Å²) in [5, 5.41) is 11.8. The number of nitrogens with one attached hydrogen (secondary N) is 1. The van der Waals surface area contributed by atoms with Crippen LogP contribution in [0, 0.1) is 0 Å². The largest absolute Gasteiger partial charge is 0.450 e. The van der Waals surface area contributed by atoms with Gasteiger partial charge in [-0.15, -0.1) is 0 Å². The van der Waals surface area contributed by atoms with Crippen molar-refractivity contribution in [2.75, 3.05) is 6.61 Å². The summed E-state index contributed by atoms with van der Waals surface area (Å²) in [6.07, 6.45) is 1.64. The maximum Gasteiger partial charge on any atom is 0.407 e. The van der Waals surface area contributed by atoms with E-state index in [1.165, 1.54) is 0 Å². The second-order valence-corrected chi connectivity index (χ2v) is 3.03. The van der Waals surface area contributed by atoms with Crippen LogP contribution in [0.15, 0.2) is 0 Å². The zero-order valence-electron chi connectivity index (χ0n) is 7.25. The molecule has 0 aliphatic heterocycles. The van der Waals surface area contributed by atoms with Crippen LogP contribution in [0.1, 0.15) is 26.2 Å². The third-order valence-corrected chi connectivity index (χ3v) is 2.00. The van der Waals surface area contributed by atoms with Crippen molar-refractivity contribution in [1.29, 1.82) is 0 Å². The lowest BCUT2D eigenvalue weighted by molar-refractivity contribution is 0.145. The van der Waals surface area contributed by atoms with Gasteiger partial charge in [-0.25, -0.2) is 4.79 Å². The number of ether oxygens (including phenoxy) is 1. The molecule has 70 valence electrons. The molecule has 0 aromatic rings. The van der Waals surface area contributed by atoms with Gasteiger partial charge in [0, 0.05) is 6.04 Å². The molecule has 12 heavy (non-hydrogen) atoms. The van der Waals surface area contributed by atoms with Gasteiger partial charge in [0.15, 0.2) is 0 Å². The Labute approximate surface area is 71.9 Å². The molecule has 1 saturated carbocycles. The van der Waals surface area contributed by atoms with Crippen LogP contribution in [0.3, 0.4) is 0 Å². The highest BCUT2D eigenvalue weighted by Gasteiger charge is 2.24. The van der Waals surface area contributed by atoms with E-state index in [1.807, 2.05) is 0 Å². The number of rotatable bonds is 2. The molecular weight excluding hydrogens is 158 g/mol. The second kappa shape index (κ2) is 4.30. The molecule has 0 spiro atoms. The summed E-state index contributed by atoms with van der Waals surface area (Å²) in [6.45, 7) is 2.16. The van der Waals surface area contributed by atoms with E-state index in [2.05, 4.69) is 5.32 Å². The average molecular weight is 173 g/mol. The van der Waals surface area contributed by atoms with Crippen LogP contribution in [-0.2, 0) is 4.74 Å². The smallest absolute Gasteiger partial charge is 0.407 e. The molecule has 2 N–H and O–H groups in total. The van der Waals surface area contributed by atoms with Gasteiger partial charge in [0.2, 0.25) is 0 Å². The first-order valence-electron chi connectivity index (χ1n) is 4.33. The van der Waals surface area contributed by atoms with Gasteiger partial charge >= 0.3 is 6.09 Å². The van der Waals surface area contributed by atoms with Crippen LogP contribution < -0.4 is 5.32 Å². The molecule has 0 saturated heterocycles. The predicted octanol–water partition coefficient (Wildman–Crippen LogP) is 0.646. The molecule has 0 unspecified atom stereocenters. The van der Waals surface area contributed by atoms with Gasteiger partial charge in [-0.3, -0.25) is 0 Å². The Morgan fingerprint density at radius 3 is 2.92 bits per heavy atom. The first-order chi connectivity index (χ1) is 5.72. The highest BCUT2D eigenvalue weighted by Crippen LogP contribution is 2.18. The molecule has 2 atom stereocenters. The first-order valence-corrected chi connectivity index (χ1v) is 4.33. The number of alkyl carbamates (subject to hydrolysis) is 1. The van der Waals surface area contributed by atoms with Gasteiger partial charge in [0.25, 0.3) is 0 Å². The number of carbonyl (C=O) groups is 1. The van der Waals surface area contributed by atoms with Crippen LogP contribution in [-0.4, -0.2) is 30.0 Å². The van der Waals surface area contributed by atoms with Gasteiger partial charge in [-0.1, -0.05) is 0 Å². The number of amides is 1. The zero-order valence-corrected chi connectivity index (χ0v) is 7.25. The van der Waals surface area contributed by atoms with Gasteiger partial charge in [0.05, 0.1) is 12.7 Å². The van der Waals surface area contributed by atoms with E-state index >= 15 is 0 Å². The van der Waals surface area contributed by atoms with E-state index in [1.54, 1.807) is 6.92 Å². The highest BCUT2D eigenvalue weighted by atomic mass is 16.5. The van der Waals surface area contributed by atoms with Crippen molar-refractivity contribution < 1.29 is 14.6 Å². The maximum atomic E-state index is 10.9. The molecule has 0 aromatic heterocycles. The second-order valence-electron chi connectivity index (χ2n) is 3.03. The van der Waals surface area contributed by atoms with Crippen molar-refractivity contribution >= 4 is 6.09 Å². The van der Waals surface area contributed by atoms with E-state index in [4.69, 9.17) is 9.84 Å². The lowest BCUT2D eigenvalue weighted by atomic mass is 10.2. The monoisotopic (exact) mass is 173 g/mol. The van der Waals surface area contributed by atoms with Crippen molar-refractivity contribution in [3.05, 3.63) is 0 Å². The average Bonchev–Trinajstić information content (AvgIpc) is 2.36. The summed E-state index contributed by atoms with van der Waals surface area (Å²) in [5.74, 6) is 0. The summed E-state index contributed by atoms with van der Waals surface area (Å²) in [7, 11) is 0. The Hall–Kier alpha value is -0.770. The summed E-state index contributed by atoms with van der Waals surface area (Å²) in [5.41, 5.74) is 0. The summed E-state index contributed by atoms with van der Waals surface area (Å²) >= 11 is 0. The molecule has 0 aromatic carbocycles. The molecule has 0 bridgehead atoms.